The average molecular weight is 238 g/mol. The fraction of sp³-hybridized carbons (Fsp3) is 0.667. The van der Waals surface area contributed by atoms with Crippen LogP contribution in [0.3, 0.4) is 0 Å². The second kappa shape index (κ2) is 5.68. The quantitative estimate of drug-likeness (QED) is 0.662. The molecule has 0 bridgehead atoms. The predicted octanol–water partition coefficient (Wildman–Crippen LogP) is -0.274. The number of aromatic nitrogens is 1. The summed E-state index contributed by atoms with van der Waals surface area (Å²) in [5.41, 5.74) is 0. The monoisotopic (exact) mass is 237 g/mol. The van der Waals surface area contributed by atoms with Gasteiger partial charge in [0.05, 0.1) is 0 Å². The Labute approximate surface area is 123 Å². The van der Waals surface area contributed by atoms with Crippen LogP contribution in [0.5, 0.6) is 0 Å². The van der Waals surface area contributed by atoms with Crippen molar-refractivity contribution in [1.82, 2.24) is 4.98 Å². The van der Waals surface area contributed by atoms with Crippen LogP contribution in [-0.2, 0) is 0 Å². The molecule has 0 aliphatic heterocycles. The van der Waals surface area contributed by atoms with E-state index in [0.717, 1.165) is 11.7 Å². The van der Waals surface area contributed by atoms with Gasteiger partial charge in [-0.25, -0.2) is 0 Å². The summed E-state index contributed by atoms with van der Waals surface area (Å²) in [4.78, 5) is 4.05. The Morgan fingerprint density at radius 2 is 1.75 bits per heavy atom. The molecule has 0 atom stereocenters. The Bertz CT molecular complexity index is 208. The molecule has 1 aromatic rings. The van der Waals surface area contributed by atoms with Gasteiger partial charge in [-0.3, -0.25) is 0 Å². The van der Waals surface area contributed by atoms with E-state index in [4.69, 9.17) is 4.42 Å². The molecule has 0 spiro atoms. The summed E-state index contributed by atoms with van der Waals surface area (Å²) < 4.78 is 5.44. The van der Waals surface area contributed by atoms with E-state index in [2.05, 4.69) is 38.9 Å². The molecule has 1 aromatic heterocycles. The SMILES string of the molecule is CC(C)c1[c-]nc(C(C)C)o1.[Rb+]. The van der Waals surface area contributed by atoms with Gasteiger partial charge in [0.1, 0.15) is 0 Å². The van der Waals surface area contributed by atoms with Gasteiger partial charge in [-0.05, 0) is 11.8 Å². The molecule has 3 heteroatoms. The van der Waals surface area contributed by atoms with Gasteiger partial charge in [0.15, 0.2) is 0 Å². The van der Waals surface area contributed by atoms with E-state index in [1.54, 1.807) is 0 Å². The van der Waals surface area contributed by atoms with Gasteiger partial charge in [0.25, 0.3) is 0 Å². The largest absolute Gasteiger partial charge is 1.00 e. The minimum Gasteiger partial charge on any atom is -0.550 e. The Balaban J connectivity index is 0.00000121. The van der Waals surface area contributed by atoms with E-state index in [9.17, 15) is 0 Å². The molecule has 0 N–H and O–H groups in total. The van der Waals surface area contributed by atoms with Gasteiger partial charge < -0.3 is 9.40 Å². The third kappa shape index (κ3) is 3.40. The van der Waals surface area contributed by atoms with E-state index < -0.39 is 0 Å². The molecule has 0 aromatic carbocycles. The molecule has 0 aliphatic carbocycles. The summed E-state index contributed by atoms with van der Waals surface area (Å²) in [7, 11) is 0. The smallest absolute Gasteiger partial charge is 0.550 e. The van der Waals surface area contributed by atoms with Crippen LogP contribution in [0.25, 0.3) is 0 Å². The van der Waals surface area contributed by atoms with Gasteiger partial charge in [-0.15, -0.1) is 6.20 Å². The molecular weight excluding hydrogens is 224 g/mol. The van der Waals surface area contributed by atoms with Crippen LogP contribution in [0.15, 0.2) is 4.42 Å². The van der Waals surface area contributed by atoms with Gasteiger partial charge in [-0.1, -0.05) is 27.7 Å². The maximum Gasteiger partial charge on any atom is 1.00 e. The first-order valence-electron chi connectivity index (χ1n) is 3.99. The van der Waals surface area contributed by atoms with Gasteiger partial charge in [0.2, 0.25) is 0 Å². The number of hydrogen-bond acceptors (Lipinski definition) is 2. The van der Waals surface area contributed by atoms with E-state index >= 15 is 0 Å². The van der Waals surface area contributed by atoms with Gasteiger partial charge in [0, 0.05) is 11.7 Å². The standard InChI is InChI=1S/C9H14NO.Rb/c1-6(2)8-5-10-9(11-8)7(3)4;/h6-7H,1-4H3;/q-1;+1. The van der Waals surface area contributed by atoms with Crippen molar-refractivity contribution in [2.24, 2.45) is 0 Å². The van der Waals surface area contributed by atoms with Crippen molar-refractivity contribution >= 4 is 0 Å². The van der Waals surface area contributed by atoms with Crippen LogP contribution in [-0.4, -0.2) is 4.98 Å². The van der Waals surface area contributed by atoms with Crippen LogP contribution < -0.4 is 58.2 Å². The number of nitrogens with zero attached hydrogens (tertiary/aromatic N) is 1. The van der Waals surface area contributed by atoms with Crippen LogP contribution in [0.1, 0.15) is 51.2 Å². The van der Waals surface area contributed by atoms with Crippen molar-refractivity contribution in [1.29, 1.82) is 0 Å². The minimum absolute atomic E-state index is 0. The third-order valence-corrected chi connectivity index (χ3v) is 1.51. The van der Waals surface area contributed by atoms with Crippen molar-refractivity contribution in [2.45, 2.75) is 39.5 Å². The first kappa shape index (κ1) is 13.0. The molecule has 1 rings (SSSR count). The van der Waals surface area contributed by atoms with Crippen LogP contribution in [0.2, 0.25) is 0 Å². The summed E-state index contributed by atoms with van der Waals surface area (Å²) >= 11 is 0. The summed E-state index contributed by atoms with van der Waals surface area (Å²) in [6.07, 6.45) is 2.87. The molecular formula is C9H14NORb. The number of oxazole rings is 1. The van der Waals surface area contributed by atoms with Crippen molar-refractivity contribution in [2.75, 3.05) is 0 Å². The Hall–Kier alpha value is 1.02. The second-order valence-corrected chi connectivity index (χ2v) is 3.34. The molecule has 0 radical (unpaired) electrons. The zero-order valence-electron chi connectivity index (χ0n) is 8.51. The normalized spacial score (nSPS) is 10.5. The van der Waals surface area contributed by atoms with E-state index in [0.29, 0.717) is 11.8 Å². The Morgan fingerprint density at radius 1 is 1.17 bits per heavy atom. The molecule has 0 fully saturated rings. The van der Waals surface area contributed by atoms with E-state index in [-0.39, 0.29) is 58.2 Å². The zero-order valence-corrected chi connectivity index (χ0v) is 13.4. The fourth-order valence-electron chi connectivity index (χ4n) is 0.762. The molecule has 2 nitrogen and oxygen atoms in total. The molecule has 1 heterocycles. The molecule has 0 aliphatic rings. The van der Waals surface area contributed by atoms with E-state index in [1.807, 2.05) is 0 Å². The first-order chi connectivity index (χ1) is 5.11. The van der Waals surface area contributed by atoms with Crippen molar-refractivity contribution in [3.05, 3.63) is 17.8 Å². The fourth-order valence-corrected chi connectivity index (χ4v) is 0.762. The van der Waals surface area contributed by atoms with E-state index in [1.165, 1.54) is 0 Å². The first-order valence-corrected chi connectivity index (χ1v) is 3.99. The summed E-state index contributed by atoms with van der Waals surface area (Å²) in [6.45, 7) is 8.26. The second-order valence-electron chi connectivity index (χ2n) is 3.34. The molecule has 62 valence electrons. The Morgan fingerprint density at radius 3 is 2.00 bits per heavy atom. The molecule has 0 unspecified atom stereocenters. The van der Waals surface area contributed by atoms with Crippen molar-refractivity contribution in [3.63, 3.8) is 0 Å². The Kier molecular flexibility index (Phi) is 6.16. The average Bonchev–Trinajstić information content (AvgIpc) is 2.33. The predicted molar refractivity (Wildman–Crippen MR) is 43.5 cm³/mol. The topological polar surface area (TPSA) is 26.0 Å². The van der Waals surface area contributed by atoms with Crippen molar-refractivity contribution in [3.8, 4) is 0 Å². The van der Waals surface area contributed by atoms with Crippen molar-refractivity contribution < 1.29 is 62.6 Å². The minimum atomic E-state index is 0. The molecule has 0 saturated heterocycles. The third-order valence-electron chi connectivity index (χ3n) is 1.51. The van der Waals surface area contributed by atoms with Gasteiger partial charge in [-0.2, -0.15) is 0 Å². The summed E-state index contributed by atoms with van der Waals surface area (Å²) in [5.74, 6) is 2.39. The van der Waals surface area contributed by atoms with Crippen LogP contribution >= 0.6 is 0 Å². The van der Waals surface area contributed by atoms with Gasteiger partial charge >= 0.3 is 58.2 Å². The summed E-state index contributed by atoms with van der Waals surface area (Å²) in [6, 6.07) is 0. The van der Waals surface area contributed by atoms with Crippen LogP contribution in [0, 0.1) is 6.20 Å². The number of rotatable bonds is 2. The maximum atomic E-state index is 5.44. The molecule has 12 heavy (non-hydrogen) atoms. The maximum absolute atomic E-state index is 5.44. The summed E-state index contributed by atoms with van der Waals surface area (Å²) in [5, 5.41) is 0. The molecule has 0 amide bonds. The zero-order chi connectivity index (χ0) is 8.43. The van der Waals surface area contributed by atoms with Crippen LogP contribution in [0.4, 0.5) is 0 Å². The molecule has 0 saturated carbocycles. The number of hydrogen-bond donors (Lipinski definition) is 0.